The minimum Gasteiger partial charge on any atom is -0.444 e. The van der Waals surface area contributed by atoms with E-state index in [-0.39, 0.29) is 25.1 Å². The molecule has 4 nitrogen and oxygen atoms in total. The second-order valence-corrected chi connectivity index (χ2v) is 6.01. The number of carbonyl (C=O) groups is 1. The third kappa shape index (κ3) is 5.93. The standard InChI is InChI=1S/C15H20F3NO3/c1-15(2,3)22-14(21)19-7-10(8-20)4-9-5-11(16)13(18)12(17)6-9/h5-6,10,20H,4,7-8H2,1-3H3,(H,19,21). The summed E-state index contributed by atoms with van der Waals surface area (Å²) in [6.07, 6.45) is -0.567. The van der Waals surface area contributed by atoms with Gasteiger partial charge in [0.1, 0.15) is 5.60 Å². The van der Waals surface area contributed by atoms with E-state index < -0.39 is 35.1 Å². The van der Waals surface area contributed by atoms with E-state index in [9.17, 15) is 23.1 Å². The third-order valence-corrected chi connectivity index (χ3v) is 2.76. The summed E-state index contributed by atoms with van der Waals surface area (Å²) >= 11 is 0. The molecule has 0 aliphatic rings. The molecule has 22 heavy (non-hydrogen) atoms. The van der Waals surface area contributed by atoms with Gasteiger partial charge in [-0.2, -0.15) is 0 Å². The molecule has 124 valence electrons. The fraction of sp³-hybridized carbons (Fsp3) is 0.533. The molecular formula is C15H20F3NO3. The zero-order valence-corrected chi connectivity index (χ0v) is 12.8. The highest BCUT2D eigenvalue weighted by atomic mass is 19.2. The van der Waals surface area contributed by atoms with Crippen LogP contribution in [0, 0.1) is 23.4 Å². The van der Waals surface area contributed by atoms with Crippen LogP contribution in [0.15, 0.2) is 12.1 Å². The van der Waals surface area contributed by atoms with Crippen LogP contribution in [0.4, 0.5) is 18.0 Å². The van der Waals surface area contributed by atoms with Crippen molar-refractivity contribution in [2.24, 2.45) is 5.92 Å². The molecule has 1 rings (SSSR count). The van der Waals surface area contributed by atoms with E-state index in [2.05, 4.69) is 5.32 Å². The van der Waals surface area contributed by atoms with E-state index in [1.54, 1.807) is 20.8 Å². The second-order valence-electron chi connectivity index (χ2n) is 6.01. The van der Waals surface area contributed by atoms with Gasteiger partial charge in [-0.15, -0.1) is 0 Å². The molecular weight excluding hydrogens is 299 g/mol. The molecule has 1 unspecified atom stereocenters. The van der Waals surface area contributed by atoms with Crippen LogP contribution in [0.2, 0.25) is 0 Å². The van der Waals surface area contributed by atoms with E-state index in [0.29, 0.717) is 0 Å². The minimum absolute atomic E-state index is 0.0615. The van der Waals surface area contributed by atoms with Gasteiger partial charge >= 0.3 is 6.09 Å². The van der Waals surface area contributed by atoms with Crippen LogP contribution in [0.5, 0.6) is 0 Å². The molecule has 7 heteroatoms. The van der Waals surface area contributed by atoms with Crippen molar-refractivity contribution < 1.29 is 27.8 Å². The summed E-state index contributed by atoms with van der Waals surface area (Å²) in [5.41, 5.74) is -0.455. The lowest BCUT2D eigenvalue weighted by atomic mass is 9.99. The molecule has 0 spiro atoms. The van der Waals surface area contributed by atoms with Crippen molar-refractivity contribution in [2.75, 3.05) is 13.2 Å². The number of nitrogens with one attached hydrogen (secondary N) is 1. The Morgan fingerprint density at radius 1 is 1.27 bits per heavy atom. The highest BCUT2D eigenvalue weighted by Gasteiger charge is 2.18. The van der Waals surface area contributed by atoms with E-state index in [1.807, 2.05) is 0 Å². The monoisotopic (exact) mass is 319 g/mol. The Morgan fingerprint density at radius 3 is 2.27 bits per heavy atom. The van der Waals surface area contributed by atoms with Gasteiger partial charge in [-0.1, -0.05) is 0 Å². The lowest BCUT2D eigenvalue weighted by Gasteiger charge is -2.21. The van der Waals surface area contributed by atoms with E-state index in [1.165, 1.54) is 0 Å². The zero-order valence-electron chi connectivity index (χ0n) is 12.8. The Balaban J connectivity index is 2.61. The molecule has 0 saturated carbocycles. The summed E-state index contributed by atoms with van der Waals surface area (Å²) in [6.45, 7) is 4.88. The fourth-order valence-corrected chi connectivity index (χ4v) is 1.80. The summed E-state index contributed by atoms with van der Waals surface area (Å²) in [5, 5.41) is 11.7. The molecule has 0 saturated heterocycles. The lowest BCUT2D eigenvalue weighted by Crippen LogP contribution is -2.36. The molecule has 1 amide bonds. The van der Waals surface area contributed by atoms with Crippen molar-refractivity contribution in [1.82, 2.24) is 5.32 Å². The van der Waals surface area contributed by atoms with Gasteiger partial charge in [-0.3, -0.25) is 0 Å². The molecule has 0 radical (unpaired) electrons. The first-order valence-electron chi connectivity index (χ1n) is 6.83. The van der Waals surface area contributed by atoms with Crippen LogP contribution >= 0.6 is 0 Å². The van der Waals surface area contributed by atoms with Gasteiger partial charge in [0.15, 0.2) is 17.5 Å². The lowest BCUT2D eigenvalue weighted by molar-refractivity contribution is 0.0512. The van der Waals surface area contributed by atoms with Crippen molar-refractivity contribution in [1.29, 1.82) is 0 Å². The van der Waals surface area contributed by atoms with Crippen molar-refractivity contribution in [3.63, 3.8) is 0 Å². The third-order valence-electron chi connectivity index (χ3n) is 2.76. The number of rotatable bonds is 5. The fourth-order valence-electron chi connectivity index (χ4n) is 1.80. The van der Waals surface area contributed by atoms with Gasteiger partial charge in [0.05, 0.1) is 0 Å². The van der Waals surface area contributed by atoms with Crippen LogP contribution in [0.1, 0.15) is 26.3 Å². The van der Waals surface area contributed by atoms with Gasteiger partial charge in [-0.05, 0) is 44.9 Å². The SMILES string of the molecule is CC(C)(C)OC(=O)NCC(CO)Cc1cc(F)c(F)c(F)c1. The van der Waals surface area contributed by atoms with Crippen molar-refractivity contribution in [2.45, 2.75) is 32.8 Å². The molecule has 0 heterocycles. The van der Waals surface area contributed by atoms with Gasteiger partial charge in [-0.25, -0.2) is 18.0 Å². The summed E-state index contributed by atoms with van der Waals surface area (Å²) < 4.78 is 44.2. The molecule has 0 bridgehead atoms. The first kappa shape index (κ1) is 18.3. The predicted molar refractivity (Wildman–Crippen MR) is 74.8 cm³/mol. The maximum Gasteiger partial charge on any atom is 0.407 e. The molecule has 0 aliphatic carbocycles. The van der Waals surface area contributed by atoms with E-state index >= 15 is 0 Å². The number of ether oxygens (including phenoxy) is 1. The quantitative estimate of drug-likeness (QED) is 0.821. The topological polar surface area (TPSA) is 58.6 Å². The van der Waals surface area contributed by atoms with Crippen molar-refractivity contribution >= 4 is 6.09 Å². The summed E-state index contributed by atoms with van der Waals surface area (Å²) in [7, 11) is 0. The van der Waals surface area contributed by atoms with Crippen molar-refractivity contribution in [3.8, 4) is 0 Å². The molecule has 1 atom stereocenters. The highest BCUT2D eigenvalue weighted by molar-refractivity contribution is 5.67. The number of halogens is 3. The number of alkyl carbamates (subject to hydrolysis) is 1. The smallest absolute Gasteiger partial charge is 0.407 e. The molecule has 0 aromatic heterocycles. The number of aliphatic hydroxyl groups is 1. The van der Waals surface area contributed by atoms with E-state index in [0.717, 1.165) is 12.1 Å². The second kappa shape index (κ2) is 7.49. The molecule has 0 fully saturated rings. The van der Waals surface area contributed by atoms with Crippen LogP contribution in [-0.2, 0) is 11.2 Å². The summed E-state index contributed by atoms with van der Waals surface area (Å²) in [5.74, 6) is -4.58. The first-order valence-corrected chi connectivity index (χ1v) is 6.83. The Kier molecular flexibility index (Phi) is 6.22. The Labute approximate surface area is 127 Å². The number of hydrogen-bond acceptors (Lipinski definition) is 3. The van der Waals surface area contributed by atoms with Crippen molar-refractivity contribution in [3.05, 3.63) is 35.1 Å². The average Bonchev–Trinajstić information content (AvgIpc) is 2.38. The normalized spacial score (nSPS) is 12.9. The Morgan fingerprint density at radius 2 is 1.82 bits per heavy atom. The summed E-state index contributed by atoms with van der Waals surface area (Å²) in [6, 6.07) is 1.74. The maximum atomic E-state index is 13.1. The number of hydrogen-bond donors (Lipinski definition) is 2. The van der Waals surface area contributed by atoms with Gasteiger partial charge in [0.25, 0.3) is 0 Å². The number of aliphatic hydroxyl groups excluding tert-OH is 1. The van der Waals surface area contributed by atoms with Crippen LogP contribution in [-0.4, -0.2) is 30.0 Å². The molecule has 2 N–H and O–H groups in total. The summed E-state index contributed by atoms with van der Waals surface area (Å²) in [4.78, 5) is 11.5. The largest absolute Gasteiger partial charge is 0.444 e. The average molecular weight is 319 g/mol. The maximum absolute atomic E-state index is 13.1. The van der Waals surface area contributed by atoms with E-state index in [4.69, 9.17) is 4.74 Å². The number of benzene rings is 1. The molecule has 1 aromatic carbocycles. The van der Waals surface area contributed by atoms with Gasteiger partial charge in [0.2, 0.25) is 0 Å². The van der Waals surface area contributed by atoms with Crippen LogP contribution in [0.25, 0.3) is 0 Å². The van der Waals surface area contributed by atoms with Crippen LogP contribution < -0.4 is 5.32 Å². The highest BCUT2D eigenvalue weighted by Crippen LogP contribution is 2.16. The number of amides is 1. The Hall–Kier alpha value is -1.76. The van der Waals surface area contributed by atoms with Gasteiger partial charge in [0, 0.05) is 19.1 Å². The first-order chi connectivity index (χ1) is 10.1. The molecule has 1 aromatic rings. The minimum atomic E-state index is -1.53. The predicted octanol–water partition coefficient (Wildman–Crippen LogP) is 2.78. The van der Waals surface area contributed by atoms with Crippen LogP contribution in [0.3, 0.4) is 0 Å². The Bertz CT molecular complexity index is 506. The zero-order chi connectivity index (χ0) is 16.9. The van der Waals surface area contributed by atoms with Gasteiger partial charge < -0.3 is 15.2 Å². The number of carbonyl (C=O) groups excluding carboxylic acids is 1. The molecule has 0 aliphatic heterocycles.